The molecule has 0 aliphatic carbocycles. The van der Waals surface area contributed by atoms with E-state index in [1.807, 2.05) is 0 Å². The van der Waals surface area contributed by atoms with Gasteiger partial charge in [-0.15, -0.1) is 0 Å². The number of carbonyl (C=O) groups is 2. The first-order chi connectivity index (χ1) is 14.7. The van der Waals surface area contributed by atoms with Crippen molar-refractivity contribution >= 4 is 33.1 Å². The van der Waals surface area contributed by atoms with Gasteiger partial charge in [-0.1, -0.05) is 18.2 Å². The molecule has 0 atom stereocenters. The third-order valence-electron chi connectivity index (χ3n) is 4.65. The molecule has 0 spiro atoms. The van der Waals surface area contributed by atoms with Gasteiger partial charge in [-0.2, -0.15) is 0 Å². The zero-order chi connectivity index (χ0) is 22.6. The Morgan fingerprint density at radius 1 is 0.935 bits per heavy atom. The second kappa shape index (κ2) is 9.09. The molecule has 6 nitrogen and oxygen atoms in total. The summed E-state index contributed by atoms with van der Waals surface area (Å²) in [6.45, 7) is 3.26. The van der Waals surface area contributed by atoms with Crippen LogP contribution in [0, 0.1) is 12.7 Å². The smallest absolute Gasteiger partial charge is 0.256 e. The summed E-state index contributed by atoms with van der Waals surface area (Å²) in [7, 11) is -3.42. The fourth-order valence-corrected chi connectivity index (χ4v) is 3.64. The molecule has 0 bridgehead atoms. The molecule has 0 fully saturated rings. The van der Waals surface area contributed by atoms with Gasteiger partial charge in [0.05, 0.1) is 17.0 Å². The summed E-state index contributed by atoms with van der Waals surface area (Å²) in [5, 5.41) is 2.73. The monoisotopic (exact) mass is 440 g/mol. The van der Waals surface area contributed by atoms with Crippen LogP contribution in [-0.4, -0.2) is 25.9 Å². The van der Waals surface area contributed by atoms with Gasteiger partial charge in [0.15, 0.2) is 5.78 Å². The van der Waals surface area contributed by atoms with Crippen molar-refractivity contribution in [3.8, 4) is 0 Å². The molecule has 3 aromatic rings. The summed E-state index contributed by atoms with van der Waals surface area (Å²) < 4.78 is 39.2. The van der Waals surface area contributed by atoms with E-state index in [4.69, 9.17) is 0 Å². The minimum Gasteiger partial charge on any atom is -0.322 e. The van der Waals surface area contributed by atoms with Crippen LogP contribution in [0.4, 0.5) is 15.8 Å². The predicted molar refractivity (Wildman–Crippen MR) is 118 cm³/mol. The lowest BCUT2D eigenvalue weighted by atomic mass is 9.98. The normalized spacial score (nSPS) is 11.1. The van der Waals surface area contributed by atoms with Gasteiger partial charge in [0.2, 0.25) is 10.0 Å². The third kappa shape index (κ3) is 5.35. The van der Waals surface area contributed by atoms with E-state index in [1.165, 1.54) is 43.3 Å². The van der Waals surface area contributed by atoms with E-state index in [-0.39, 0.29) is 22.4 Å². The number of hydrogen-bond donors (Lipinski definition) is 2. The SMILES string of the molecule is CCS(=O)(=O)Nc1ccc(NC(=O)c2ccccc2C(=O)c2ccc(F)cc2)cc1C. The molecule has 1 amide bonds. The van der Waals surface area contributed by atoms with Crippen LogP contribution in [0.25, 0.3) is 0 Å². The summed E-state index contributed by atoms with van der Waals surface area (Å²) in [5.41, 5.74) is 2.13. The largest absolute Gasteiger partial charge is 0.322 e. The first kappa shape index (κ1) is 22.2. The van der Waals surface area contributed by atoms with E-state index >= 15 is 0 Å². The van der Waals surface area contributed by atoms with E-state index in [0.717, 1.165) is 0 Å². The van der Waals surface area contributed by atoms with E-state index in [9.17, 15) is 22.4 Å². The lowest BCUT2D eigenvalue weighted by Gasteiger charge is -2.13. The molecule has 2 N–H and O–H groups in total. The molecule has 3 rings (SSSR count). The lowest BCUT2D eigenvalue weighted by molar-refractivity contribution is 0.0996. The Labute approximate surface area is 180 Å². The molecule has 3 aromatic carbocycles. The number of carbonyl (C=O) groups excluding carboxylic acids is 2. The van der Waals surface area contributed by atoms with Crippen LogP contribution >= 0.6 is 0 Å². The van der Waals surface area contributed by atoms with E-state index in [0.29, 0.717) is 16.9 Å². The van der Waals surface area contributed by atoms with Crippen molar-refractivity contribution in [2.45, 2.75) is 13.8 Å². The van der Waals surface area contributed by atoms with Crippen molar-refractivity contribution < 1.29 is 22.4 Å². The molecule has 0 aromatic heterocycles. The molecule has 0 aliphatic rings. The van der Waals surface area contributed by atoms with Gasteiger partial charge in [0, 0.05) is 16.8 Å². The molecule has 8 heteroatoms. The molecule has 0 saturated heterocycles. The lowest BCUT2D eigenvalue weighted by Crippen LogP contribution is -2.18. The number of hydrogen-bond acceptors (Lipinski definition) is 4. The van der Waals surface area contributed by atoms with Crippen LogP contribution < -0.4 is 10.0 Å². The fraction of sp³-hybridized carbons (Fsp3) is 0.130. The van der Waals surface area contributed by atoms with Crippen molar-refractivity contribution in [1.29, 1.82) is 0 Å². The Balaban J connectivity index is 1.84. The maximum atomic E-state index is 13.2. The Morgan fingerprint density at radius 2 is 1.58 bits per heavy atom. The Bertz CT molecular complexity index is 1240. The second-order valence-corrected chi connectivity index (χ2v) is 8.88. The molecule has 0 aliphatic heterocycles. The van der Waals surface area contributed by atoms with Crippen LogP contribution in [0.3, 0.4) is 0 Å². The minimum absolute atomic E-state index is 0.0518. The number of ketones is 1. The number of amides is 1. The number of nitrogens with one attached hydrogen (secondary N) is 2. The third-order valence-corrected chi connectivity index (χ3v) is 5.94. The van der Waals surface area contributed by atoms with Crippen LogP contribution in [0.15, 0.2) is 66.7 Å². The second-order valence-electron chi connectivity index (χ2n) is 6.87. The summed E-state index contributed by atoms with van der Waals surface area (Å²) in [5.74, 6) is -1.40. The first-order valence-corrected chi connectivity index (χ1v) is 11.2. The molecular formula is C23H21FN2O4S. The summed E-state index contributed by atoms with van der Waals surface area (Å²) >= 11 is 0. The van der Waals surface area contributed by atoms with Gasteiger partial charge in [0.25, 0.3) is 5.91 Å². The van der Waals surface area contributed by atoms with Crippen molar-refractivity contribution in [2.24, 2.45) is 0 Å². The maximum absolute atomic E-state index is 13.2. The van der Waals surface area contributed by atoms with Crippen LogP contribution in [0.1, 0.15) is 38.8 Å². The number of halogens is 1. The topological polar surface area (TPSA) is 92.3 Å². The van der Waals surface area contributed by atoms with Crippen molar-refractivity contribution in [3.05, 3.63) is 94.8 Å². The zero-order valence-corrected chi connectivity index (χ0v) is 17.8. The summed E-state index contributed by atoms with van der Waals surface area (Å²) in [6, 6.07) is 16.2. The van der Waals surface area contributed by atoms with Gasteiger partial charge >= 0.3 is 0 Å². The highest BCUT2D eigenvalue weighted by molar-refractivity contribution is 7.92. The quantitative estimate of drug-likeness (QED) is 0.534. The zero-order valence-electron chi connectivity index (χ0n) is 17.0. The van der Waals surface area contributed by atoms with Crippen LogP contribution in [0.5, 0.6) is 0 Å². The average Bonchev–Trinajstić information content (AvgIpc) is 2.75. The van der Waals surface area contributed by atoms with E-state index < -0.39 is 27.5 Å². The van der Waals surface area contributed by atoms with E-state index in [1.54, 1.807) is 37.3 Å². The van der Waals surface area contributed by atoms with Gasteiger partial charge in [0.1, 0.15) is 5.82 Å². The first-order valence-electron chi connectivity index (χ1n) is 9.52. The number of sulfonamides is 1. The number of aryl methyl sites for hydroxylation is 1. The van der Waals surface area contributed by atoms with E-state index in [2.05, 4.69) is 10.0 Å². The van der Waals surface area contributed by atoms with Crippen molar-refractivity contribution in [3.63, 3.8) is 0 Å². The van der Waals surface area contributed by atoms with Gasteiger partial charge in [-0.3, -0.25) is 14.3 Å². The van der Waals surface area contributed by atoms with Crippen LogP contribution in [0.2, 0.25) is 0 Å². The average molecular weight is 440 g/mol. The Kier molecular flexibility index (Phi) is 6.50. The molecule has 0 unspecified atom stereocenters. The van der Waals surface area contributed by atoms with Gasteiger partial charge in [-0.05, 0) is 67.9 Å². The summed E-state index contributed by atoms with van der Waals surface area (Å²) in [4.78, 5) is 25.7. The van der Waals surface area contributed by atoms with Crippen molar-refractivity contribution in [1.82, 2.24) is 0 Å². The molecule has 0 saturated carbocycles. The Hall–Kier alpha value is -3.52. The molecular weight excluding hydrogens is 419 g/mol. The standard InChI is InChI=1S/C23H21FN2O4S/c1-3-31(29,30)26-21-13-12-18(14-15(21)2)25-23(28)20-7-5-4-6-19(20)22(27)16-8-10-17(24)11-9-16/h4-14,26H,3H2,1-2H3,(H,25,28). The highest BCUT2D eigenvalue weighted by Gasteiger charge is 2.18. The van der Waals surface area contributed by atoms with Gasteiger partial charge < -0.3 is 5.32 Å². The number of rotatable bonds is 7. The fourth-order valence-electron chi connectivity index (χ4n) is 2.93. The van der Waals surface area contributed by atoms with Gasteiger partial charge in [-0.25, -0.2) is 12.8 Å². The molecule has 160 valence electrons. The molecule has 31 heavy (non-hydrogen) atoms. The predicted octanol–water partition coefficient (Wildman–Crippen LogP) is 4.38. The molecule has 0 heterocycles. The molecule has 0 radical (unpaired) electrons. The highest BCUT2D eigenvalue weighted by Crippen LogP contribution is 2.22. The highest BCUT2D eigenvalue weighted by atomic mass is 32.2. The van der Waals surface area contributed by atoms with Crippen LogP contribution in [-0.2, 0) is 10.0 Å². The summed E-state index contributed by atoms with van der Waals surface area (Å²) in [6.07, 6.45) is 0. The Morgan fingerprint density at radius 3 is 2.19 bits per heavy atom. The number of benzene rings is 3. The maximum Gasteiger partial charge on any atom is 0.256 e. The van der Waals surface area contributed by atoms with Crippen molar-refractivity contribution in [2.75, 3.05) is 15.8 Å². The number of anilines is 2. The minimum atomic E-state index is -3.42.